The van der Waals surface area contributed by atoms with E-state index >= 15 is 0 Å². The van der Waals surface area contributed by atoms with Gasteiger partial charge in [-0.1, -0.05) is 48.5 Å². The Morgan fingerprint density at radius 2 is 1.54 bits per heavy atom. The fraction of sp³-hybridized carbons (Fsp3) is 0.366. The highest BCUT2D eigenvalue weighted by Gasteiger charge is 2.34. The van der Waals surface area contributed by atoms with Gasteiger partial charge in [0.2, 0.25) is 5.96 Å². The predicted molar refractivity (Wildman–Crippen MR) is 208 cm³/mol. The second kappa shape index (κ2) is 15.9. The van der Waals surface area contributed by atoms with Crippen molar-refractivity contribution in [3.8, 4) is 5.75 Å². The molecule has 0 bridgehead atoms. The summed E-state index contributed by atoms with van der Waals surface area (Å²) in [7, 11) is -4.14. The number of H-pyrrole nitrogens is 1. The molecule has 0 saturated heterocycles. The van der Waals surface area contributed by atoms with Crippen LogP contribution in [0.4, 0.5) is 0 Å². The molecule has 0 fully saturated rings. The molecule has 1 aliphatic heterocycles. The Labute approximate surface area is 316 Å². The molecule has 5 rings (SSSR count). The van der Waals surface area contributed by atoms with Crippen molar-refractivity contribution in [2.75, 3.05) is 6.54 Å². The third-order valence-corrected chi connectivity index (χ3v) is 11.9. The number of benzene rings is 3. The summed E-state index contributed by atoms with van der Waals surface area (Å²) in [5, 5.41) is 23.3. The van der Waals surface area contributed by atoms with Crippen LogP contribution in [-0.4, -0.2) is 54.5 Å². The van der Waals surface area contributed by atoms with Crippen molar-refractivity contribution in [3.05, 3.63) is 127 Å². The van der Waals surface area contributed by atoms with E-state index < -0.39 is 39.5 Å². The van der Waals surface area contributed by atoms with Gasteiger partial charge in [0.05, 0.1) is 4.90 Å². The molecule has 1 aromatic heterocycles. The summed E-state index contributed by atoms with van der Waals surface area (Å²) in [4.78, 5) is 41.6. The van der Waals surface area contributed by atoms with Crippen molar-refractivity contribution in [1.82, 2.24) is 20.3 Å². The SMILES string of the molecule is Cc1ccccc1C(c1ccc(C(=O)N[C@@H](CCCNC(=N)NS(=O)(=O)c2c(C)c(C)c3c(c2C)CCC(C)(C)O3)C(=O)O)c(=O)[nH]1)c1ccccc1C. The minimum atomic E-state index is -4.14. The zero-order chi connectivity index (χ0) is 39.5. The van der Waals surface area contributed by atoms with Gasteiger partial charge < -0.3 is 25.5 Å². The average Bonchev–Trinajstić information content (AvgIpc) is 3.09. The number of aliphatic carboxylic acids is 1. The lowest BCUT2D eigenvalue weighted by atomic mass is 9.83. The highest BCUT2D eigenvalue weighted by atomic mass is 32.2. The van der Waals surface area contributed by atoms with E-state index in [2.05, 4.69) is 20.3 Å². The number of carboxylic acid groups (broad SMARTS) is 1. The molecule has 6 N–H and O–H groups in total. The lowest BCUT2D eigenvalue weighted by Crippen LogP contribution is -2.44. The molecule has 1 aliphatic rings. The van der Waals surface area contributed by atoms with Crippen LogP contribution in [0, 0.1) is 40.0 Å². The number of fused-ring (bicyclic) bond motifs is 1. The summed E-state index contributed by atoms with van der Waals surface area (Å²) in [5.41, 5.74) is 6.10. The number of amides is 1. The Morgan fingerprint density at radius 1 is 0.926 bits per heavy atom. The Morgan fingerprint density at radius 3 is 2.11 bits per heavy atom. The third-order valence-electron chi connectivity index (χ3n) is 10.2. The Bertz CT molecular complexity index is 2230. The molecule has 4 aromatic rings. The van der Waals surface area contributed by atoms with Crippen LogP contribution in [-0.2, 0) is 21.2 Å². The Balaban J connectivity index is 1.22. The van der Waals surface area contributed by atoms with Crippen LogP contribution in [0.3, 0.4) is 0 Å². The molecule has 54 heavy (non-hydrogen) atoms. The highest BCUT2D eigenvalue weighted by Crippen LogP contribution is 2.42. The number of carbonyl (C=O) groups excluding carboxylic acids is 1. The van der Waals surface area contributed by atoms with Crippen LogP contribution in [0.25, 0.3) is 0 Å². The molecular formula is C41H49N5O7S. The lowest BCUT2D eigenvalue weighted by molar-refractivity contribution is -0.139. The number of aromatic amines is 1. The maximum Gasteiger partial charge on any atom is 0.326 e. The zero-order valence-electron chi connectivity index (χ0n) is 31.8. The first-order chi connectivity index (χ1) is 25.4. The van der Waals surface area contributed by atoms with Crippen molar-refractivity contribution >= 4 is 27.9 Å². The second-order valence-corrected chi connectivity index (χ2v) is 16.2. The number of hydrogen-bond acceptors (Lipinski definition) is 7. The van der Waals surface area contributed by atoms with Gasteiger partial charge in [0.15, 0.2) is 0 Å². The summed E-state index contributed by atoms with van der Waals surface area (Å²) in [6, 6.07) is 17.5. The number of nitrogens with one attached hydrogen (secondary N) is 5. The summed E-state index contributed by atoms with van der Waals surface area (Å²) in [6.45, 7) is 13.3. The van der Waals surface area contributed by atoms with E-state index in [0.29, 0.717) is 29.0 Å². The summed E-state index contributed by atoms with van der Waals surface area (Å²) in [5.74, 6) is -2.21. The first kappa shape index (κ1) is 39.8. The van der Waals surface area contributed by atoms with Crippen LogP contribution in [0.1, 0.15) is 99.6 Å². The predicted octanol–water partition coefficient (Wildman–Crippen LogP) is 5.67. The number of rotatable bonds is 12. The van der Waals surface area contributed by atoms with Crippen molar-refractivity contribution in [1.29, 1.82) is 5.41 Å². The Kier molecular flexibility index (Phi) is 11.7. The Hall–Kier alpha value is -5.43. The summed E-state index contributed by atoms with van der Waals surface area (Å²) in [6.07, 6.45) is 1.51. The number of sulfonamides is 1. The van der Waals surface area contributed by atoms with Crippen LogP contribution in [0.5, 0.6) is 5.75 Å². The summed E-state index contributed by atoms with van der Waals surface area (Å²) < 4.78 is 35.5. The van der Waals surface area contributed by atoms with Crippen LogP contribution >= 0.6 is 0 Å². The number of aromatic nitrogens is 1. The molecule has 1 atom stereocenters. The van der Waals surface area contributed by atoms with Crippen LogP contribution in [0.2, 0.25) is 0 Å². The first-order valence-electron chi connectivity index (χ1n) is 18.0. The third kappa shape index (κ3) is 8.52. The number of ether oxygens (including phenoxy) is 1. The minimum absolute atomic E-state index is 0.0413. The van der Waals surface area contributed by atoms with E-state index in [4.69, 9.17) is 10.1 Å². The van der Waals surface area contributed by atoms with Gasteiger partial charge in [0, 0.05) is 18.2 Å². The zero-order valence-corrected chi connectivity index (χ0v) is 32.6. The van der Waals surface area contributed by atoms with Gasteiger partial charge in [-0.25, -0.2) is 17.9 Å². The van der Waals surface area contributed by atoms with E-state index in [1.165, 1.54) is 6.07 Å². The smallest absolute Gasteiger partial charge is 0.326 e. The van der Waals surface area contributed by atoms with Crippen molar-refractivity contribution in [3.63, 3.8) is 0 Å². The number of guanidine groups is 1. The average molecular weight is 756 g/mol. The summed E-state index contributed by atoms with van der Waals surface area (Å²) >= 11 is 0. The number of carbonyl (C=O) groups is 2. The van der Waals surface area contributed by atoms with Gasteiger partial charge in [0.1, 0.15) is 23.0 Å². The minimum Gasteiger partial charge on any atom is -0.487 e. The van der Waals surface area contributed by atoms with Crippen molar-refractivity contribution < 1.29 is 27.9 Å². The van der Waals surface area contributed by atoms with E-state index in [1.54, 1.807) is 19.9 Å². The molecule has 2 heterocycles. The number of aryl methyl sites for hydroxylation is 2. The molecule has 13 heteroatoms. The van der Waals surface area contributed by atoms with Crippen LogP contribution < -0.4 is 25.7 Å². The van der Waals surface area contributed by atoms with E-state index in [1.807, 2.05) is 83.1 Å². The molecule has 12 nitrogen and oxygen atoms in total. The van der Waals surface area contributed by atoms with Gasteiger partial charge in [-0.3, -0.25) is 15.0 Å². The molecular weight excluding hydrogens is 707 g/mol. The standard InChI is InChI=1S/C41H49N5O7S/c1-23-13-8-10-15-28(23)34(29-16-11-9-14-24(29)2)32-19-18-31(37(47)44-32)38(48)45-33(39(49)50)17-12-22-43-40(42)46-54(51,52)36-26(4)25(3)35-30(27(36)5)20-21-41(6,7)53-35/h8-11,13-16,18-19,33-34H,12,17,20-22H2,1-7H3,(H,44,47)(H,45,48)(H,49,50)(H3,42,43,46)/t33-/m0/s1. The van der Waals surface area contributed by atoms with Gasteiger partial charge >= 0.3 is 5.97 Å². The first-order valence-corrected chi connectivity index (χ1v) is 19.4. The van der Waals surface area contributed by atoms with Gasteiger partial charge in [-0.15, -0.1) is 0 Å². The maximum absolute atomic E-state index is 13.5. The molecule has 1 amide bonds. The largest absolute Gasteiger partial charge is 0.487 e. The van der Waals surface area contributed by atoms with Gasteiger partial charge in [-0.05, 0) is 131 Å². The topological polar surface area (TPSA) is 191 Å². The molecule has 0 radical (unpaired) electrons. The number of carboxylic acids is 1. The number of hydrogen-bond donors (Lipinski definition) is 6. The molecule has 0 unspecified atom stereocenters. The quantitative estimate of drug-likeness (QED) is 0.0606. The molecule has 0 spiro atoms. The molecule has 0 aliphatic carbocycles. The molecule has 286 valence electrons. The fourth-order valence-electron chi connectivity index (χ4n) is 7.15. The fourth-order valence-corrected chi connectivity index (χ4v) is 8.67. The second-order valence-electron chi connectivity index (χ2n) is 14.6. The maximum atomic E-state index is 13.5. The molecule has 3 aromatic carbocycles. The van der Waals surface area contributed by atoms with E-state index in [0.717, 1.165) is 39.8 Å². The lowest BCUT2D eigenvalue weighted by Gasteiger charge is -2.35. The molecule has 0 saturated carbocycles. The van der Waals surface area contributed by atoms with Crippen molar-refractivity contribution in [2.45, 2.75) is 96.6 Å². The monoisotopic (exact) mass is 755 g/mol. The van der Waals surface area contributed by atoms with E-state index in [-0.39, 0.29) is 41.4 Å². The van der Waals surface area contributed by atoms with Crippen LogP contribution in [0.15, 0.2) is 70.4 Å². The van der Waals surface area contributed by atoms with Gasteiger partial charge in [0.25, 0.3) is 21.5 Å². The van der Waals surface area contributed by atoms with E-state index in [9.17, 15) is 27.9 Å². The number of pyridine rings is 1. The van der Waals surface area contributed by atoms with Gasteiger partial charge in [-0.2, -0.15) is 0 Å². The highest BCUT2D eigenvalue weighted by molar-refractivity contribution is 7.90. The normalized spacial score (nSPS) is 14.1. The van der Waals surface area contributed by atoms with Crippen molar-refractivity contribution in [2.24, 2.45) is 0 Å².